The van der Waals surface area contributed by atoms with Gasteiger partial charge in [-0.2, -0.15) is 0 Å². The molecule has 1 saturated heterocycles. The summed E-state index contributed by atoms with van der Waals surface area (Å²) in [7, 11) is -1.19. The minimum absolute atomic E-state index is 0.0535. The second-order valence-corrected chi connectivity index (χ2v) is 12.3. The number of alkyl halides is 1. The maximum atomic E-state index is 13.5. The van der Waals surface area contributed by atoms with Crippen LogP contribution in [0.4, 0.5) is 10.1 Å². The van der Waals surface area contributed by atoms with E-state index < -0.39 is 25.3 Å². The van der Waals surface area contributed by atoms with Crippen LogP contribution < -0.4 is 4.74 Å². The zero-order chi connectivity index (χ0) is 17.0. The molecule has 10 heteroatoms. The molecule has 0 amide bonds. The number of hydrogen-bond acceptors (Lipinski definition) is 6. The predicted octanol–water partition coefficient (Wildman–Crippen LogP) is 2.22. The van der Waals surface area contributed by atoms with Gasteiger partial charge in [-0.05, 0) is 6.04 Å². The molecule has 0 aliphatic carbocycles. The van der Waals surface area contributed by atoms with E-state index in [9.17, 15) is 14.5 Å². The average Bonchev–Trinajstić information content (AvgIpc) is 3.02. The van der Waals surface area contributed by atoms with Gasteiger partial charge in [0.05, 0.1) is 18.1 Å². The Kier molecular flexibility index (Phi) is 5.71. The molecule has 0 spiro atoms. The van der Waals surface area contributed by atoms with Crippen LogP contribution in [0.2, 0.25) is 25.7 Å². The van der Waals surface area contributed by atoms with Gasteiger partial charge in [0.2, 0.25) is 0 Å². The van der Waals surface area contributed by atoms with Gasteiger partial charge in [0.25, 0.3) is 0 Å². The minimum atomic E-state index is -1.31. The standard InChI is InChI=1S/C13H22FN3O5Si/c1-23(2,3)5-4-20-9-16-6-11(17(18)19)13(15-16)22-12-8-21-7-10(12)14/h6,10,12H,4-5,7-9H2,1-3H3/t10-,12+/m1/s1. The van der Waals surface area contributed by atoms with Crippen LogP contribution in [-0.4, -0.2) is 54.9 Å². The fourth-order valence-electron chi connectivity index (χ4n) is 1.96. The molecule has 0 bridgehead atoms. The minimum Gasteiger partial charge on any atom is -0.463 e. The quantitative estimate of drug-likeness (QED) is 0.310. The number of ether oxygens (including phenoxy) is 3. The van der Waals surface area contributed by atoms with Crippen molar-refractivity contribution in [1.29, 1.82) is 0 Å². The summed E-state index contributed by atoms with van der Waals surface area (Å²) in [5.74, 6) is -0.207. The van der Waals surface area contributed by atoms with E-state index in [1.807, 2.05) is 0 Å². The monoisotopic (exact) mass is 347 g/mol. The van der Waals surface area contributed by atoms with Crippen molar-refractivity contribution in [3.8, 4) is 5.88 Å². The van der Waals surface area contributed by atoms with Gasteiger partial charge in [0.1, 0.15) is 12.9 Å². The molecular weight excluding hydrogens is 325 g/mol. The van der Waals surface area contributed by atoms with Crippen molar-refractivity contribution in [3.05, 3.63) is 16.3 Å². The summed E-state index contributed by atoms with van der Waals surface area (Å²) in [6.07, 6.45) is -0.954. The molecule has 23 heavy (non-hydrogen) atoms. The Morgan fingerprint density at radius 2 is 2.26 bits per heavy atom. The first-order chi connectivity index (χ1) is 10.8. The zero-order valence-corrected chi connectivity index (χ0v) is 14.5. The summed E-state index contributed by atoms with van der Waals surface area (Å²) in [4.78, 5) is 10.5. The second-order valence-electron chi connectivity index (χ2n) is 6.67. The lowest BCUT2D eigenvalue weighted by Gasteiger charge is -2.15. The summed E-state index contributed by atoms with van der Waals surface area (Å²) in [5.41, 5.74) is -0.308. The summed E-state index contributed by atoms with van der Waals surface area (Å²) in [6.45, 7) is 7.35. The Hall–Kier alpha value is -1.52. The van der Waals surface area contributed by atoms with Crippen molar-refractivity contribution in [2.24, 2.45) is 0 Å². The van der Waals surface area contributed by atoms with Crippen molar-refractivity contribution in [2.75, 3.05) is 19.8 Å². The van der Waals surface area contributed by atoms with Crippen molar-refractivity contribution >= 4 is 13.8 Å². The van der Waals surface area contributed by atoms with Crippen LogP contribution in [0.15, 0.2) is 6.20 Å². The van der Waals surface area contributed by atoms with E-state index in [2.05, 4.69) is 24.7 Å². The van der Waals surface area contributed by atoms with Gasteiger partial charge in [-0.1, -0.05) is 19.6 Å². The number of halogens is 1. The molecule has 130 valence electrons. The topological polar surface area (TPSA) is 88.7 Å². The van der Waals surface area contributed by atoms with Crippen LogP contribution in [0.5, 0.6) is 5.88 Å². The van der Waals surface area contributed by atoms with Gasteiger partial charge in [0.15, 0.2) is 12.3 Å². The van der Waals surface area contributed by atoms with Gasteiger partial charge in [-0.15, -0.1) is 5.10 Å². The normalized spacial score (nSPS) is 21.6. The Balaban J connectivity index is 1.96. The van der Waals surface area contributed by atoms with E-state index in [1.165, 1.54) is 10.9 Å². The van der Waals surface area contributed by atoms with Gasteiger partial charge in [-0.25, -0.2) is 9.07 Å². The average molecular weight is 347 g/mol. The SMILES string of the molecule is C[Si](C)(C)CCOCn1cc([N+](=O)[O-])c(O[C@H]2COC[C@H]2F)n1. The molecule has 0 saturated carbocycles. The second kappa shape index (κ2) is 7.36. The maximum absolute atomic E-state index is 13.5. The van der Waals surface area contributed by atoms with Crippen LogP contribution >= 0.6 is 0 Å². The number of nitrogens with zero attached hydrogens (tertiary/aromatic N) is 3. The van der Waals surface area contributed by atoms with Gasteiger partial charge < -0.3 is 14.2 Å². The molecule has 1 aliphatic rings. The summed E-state index contributed by atoms with van der Waals surface area (Å²) < 4.78 is 30.5. The molecule has 0 unspecified atom stereocenters. The van der Waals surface area contributed by atoms with Gasteiger partial charge in [0, 0.05) is 14.7 Å². The lowest BCUT2D eigenvalue weighted by Crippen LogP contribution is -2.27. The van der Waals surface area contributed by atoms with Crippen molar-refractivity contribution in [2.45, 2.75) is 44.7 Å². The Morgan fingerprint density at radius 3 is 2.83 bits per heavy atom. The summed E-state index contributed by atoms with van der Waals surface area (Å²) in [5, 5.41) is 15.0. The third-order valence-electron chi connectivity index (χ3n) is 3.35. The van der Waals surface area contributed by atoms with Crippen LogP contribution in [0.3, 0.4) is 0 Å². The van der Waals surface area contributed by atoms with E-state index in [0.717, 1.165) is 6.04 Å². The maximum Gasteiger partial charge on any atom is 0.350 e. The number of hydrogen-bond donors (Lipinski definition) is 0. The molecule has 2 heterocycles. The number of nitro groups is 1. The highest BCUT2D eigenvalue weighted by Crippen LogP contribution is 2.27. The first-order valence-corrected chi connectivity index (χ1v) is 11.1. The number of aromatic nitrogens is 2. The van der Waals surface area contributed by atoms with Crippen molar-refractivity contribution in [1.82, 2.24) is 9.78 Å². The van der Waals surface area contributed by atoms with Crippen LogP contribution in [0, 0.1) is 10.1 Å². The molecule has 8 nitrogen and oxygen atoms in total. The van der Waals surface area contributed by atoms with Crippen LogP contribution in [0.25, 0.3) is 0 Å². The van der Waals surface area contributed by atoms with Crippen molar-refractivity contribution in [3.63, 3.8) is 0 Å². The molecule has 0 aromatic carbocycles. The van der Waals surface area contributed by atoms with E-state index >= 15 is 0 Å². The summed E-state index contributed by atoms with van der Waals surface area (Å²) in [6, 6.07) is 0.989. The van der Waals surface area contributed by atoms with E-state index in [-0.39, 0.29) is 31.5 Å². The molecule has 1 aliphatic heterocycles. The zero-order valence-electron chi connectivity index (χ0n) is 13.5. The van der Waals surface area contributed by atoms with Gasteiger partial charge >= 0.3 is 11.6 Å². The molecule has 2 atom stereocenters. The molecule has 2 rings (SSSR count). The molecule has 1 aromatic rings. The third-order valence-corrected chi connectivity index (χ3v) is 5.06. The fourth-order valence-corrected chi connectivity index (χ4v) is 2.72. The predicted molar refractivity (Wildman–Crippen MR) is 83.1 cm³/mol. The van der Waals surface area contributed by atoms with Crippen LogP contribution in [0.1, 0.15) is 0 Å². The Bertz CT molecular complexity index is 548. The largest absolute Gasteiger partial charge is 0.463 e. The highest BCUT2D eigenvalue weighted by atomic mass is 28.3. The van der Waals surface area contributed by atoms with E-state index in [1.54, 1.807) is 0 Å². The highest BCUT2D eigenvalue weighted by Gasteiger charge is 2.33. The number of rotatable bonds is 8. The summed E-state index contributed by atoms with van der Waals surface area (Å²) >= 11 is 0. The van der Waals surface area contributed by atoms with Crippen LogP contribution in [-0.2, 0) is 16.2 Å². The molecule has 0 N–H and O–H groups in total. The van der Waals surface area contributed by atoms with Gasteiger partial charge in [-0.3, -0.25) is 10.1 Å². The highest BCUT2D eigenvalue weighted by molar-refractivity contribution is 6.76. The Morgan fingerprint density at radius 1 is 1.52 bits per heavy atom. The molecule has 1 aromatic heterocycles. The van der Waals surface area contributed by atoms with Crippen molar-refractivity contribution < 1.29 is 23.5 Å². The lowest BCUT2D eigenvalue weighted by atomic mass is 10.3. The van der Waals surface area contributed by atoms with E-state index in [4.69, 9.17) is 14.2 Å². The fraction of sp³-hybridized carbons (Fsp3) is 0.769. The first kappa shape index (κ1) is 17.8. The van der Waals surface area contributed by atoms with E-state index in [0.29, 0.717) is 6.61 Å². The first-order valence-electron chi connectivity index (χ1n) is 7.44. The molecule has 0 radical (unpaired) electrons. The smallest absolute Gasteiger partial charge is 0.350 e. The lowest BCUT2D eigenvalue weighted by molar-refractivity contribution is -0.386. The Labute approximate surface area is 134 Å². The molecular formula is C13H22FN3O5Si. The third kappa shape index (κ3) is 5.25. The molecule has 1 fully saturated rings.